The molecule has 0 saturated heterocycles. The fourth-order valence-electron chi connectivity index (χ4n) is 3.87. The van der Waals surface area contributed by atoms with Gasteiger partial charge in [-0.2, -0.15) is 4.99 Å². The maximum absolute atomic E-state index is 12.2. The number of aliphatic hydroxyl groups excluding tert-OH is 1. The van der Waals surface area contributed by atoms with E-state index in [2.05, 4.69) is 4.99 Å². The van der Waals surface area contributed by atoms with Crippen molar-refractivity contribution in [2.24, 2.45) is 4.99 Å². The third kappa shape index (κ3) is 4.00. The molecule has 8 heteroatoms. The van der Waals surface area contributed by atoms with Crippen LogP contribution < -0.4 is 15.0 Å². The Bertz CT molecular complexity index is 1270. The zero-order chi connectivity index (χ0) is 22.1. The lowest BCUT2D eigenvalue weighted by Crippen LogP contribution is -2.45. The van der Waals surface area contributed by atoms with Gasteiger partial charge in [0.15, 0.2) is 17.6 Å². The first-order valence-corrected chi connectivity index (χ1v) is 10.3. The third-order valence-electron chi connectivity index (χ3n) is 5.44. The molecule has 1 amide bonds. The Labute approximate surface area is 184 Å². The molecule has 3 aromatic rings. The summed E-state index contributed by atoms with van der Waals surface area (Å²) >= 11 is 0. The van der Waals surface area contributed by atoms with Crippen LogP contribution in [0.4, 0.5) is 0 Å². The topological polar surface area (TPSA) is 93.4 Å². The van der Waals surface area contributed by atoms with Crippen LogP contribution in [-0.2, 0) is 17.9 Å². The van der Waals surface area contributed by atoms with Crippen molar-refractivity contribution in [2.75, 3.05) is 13.3 Å². The molecule has 1 N–H and O–H groups in total. The molecule has 32 heavy (non-hydrogen) atoms. The van der Waals surface area contributed by atoms with Gasteiger partial charge in [0, 0.05) is 24.4 Å². The molecule has 1 unspecified atom stereocenters. The van der Waals surface area contributed by atoms with Gasteiger partial charge in [0.25, 0.3) is 11.5 Å². The molecule has 0 spiro atoms. The molecule has 2 aliphatic heterocycles. The largest absolute Gasteiger partial charge is 0.454 e. The Hall–Kier alpha value is -3.91. The molecule has 1 atom stereocenters. The number of aliphatic imine (C=N–C) groups is 1. The highest BCUT2D eigenvalue weighted by molar-refractivity contribution is 6.07. The van der Waals surface area contributed by atoms with Gasteiger partial charge in [-0.25, -0.2) is 0 Å². The van der Waals surface area contributed by atoms with Crippen LogP contribution in [0, 0.1) is 0 Å². The molecule has 0 bridgehead atoms. The van der Waals surface area contributed by atoms with Crippen LogP contribution in [-0.4, -0.2) is 45.8 Å². The third-order valence-corrected chi connectivity index (χ3v) is 5.44. The highest BCUT2D eigenvalue weighted by Crippen LogP contribution is 2.33. The van der Waals surface area contributed by atoms with Crippen LogP contribution in [0.1, 0.15) is 16.7 Å². The lowest BCUT2D eigenvalue weighted by atomic mass is 10.1. The molecule has 0 radical (unpaired) electrons. The number of amides is 1. The minimum Gasteiger partial charge on any atom is -0.454 e. The summed E-state index contributed by atoms with van der Waals surface area (Å²) in [5, 5.41) is 10.1. The van der Waals surface area contributed by atoms with Crippen LogP contribution >= 0.6 is 0 Å². The van der Waals surface area contributed by atoms with Crippen LogP contribution in [0.5, 0.6) is 11.5 Å². The Kier molecular flexibility index (Phi) is 5.20. The van der Waals surface area contributed by atoms with Gasteiger partial charge in [-0.05, 0) is 35.4 Å². The van der Waals surface area contributed by atoms with Gasteiger partial charge < -0.3 is 24.0 Å². The van der Waals surface area contributed by atoms with Gasteiger partial charge in [-0.3, -0.25) is 9.59 Å². The zero-order valence-electron chi connectivity index (χ0n) is 17.2. The number of nitrogens with zero attached hydrogens (tertiary/aromatic N) is 3. The van der Waals surface area contributed by atoms with E-state index in [0.717, 1.165) is 16.7 Å². The van der Waals surface area contributed by atoms with Crippen molar-refractivity contribution in [1.29, 1.82) is 0 Å². The minimum absolute atomic E-state index is 0.0874. The average Bonchev–Trinajstić information content (AvgIpc) is 3.26. The van der Waals surface area contributed by atoms with Crippen molar-refractivity contribution in [1.82, 2.24) is 9.47 Å². The van der Waals surface area contributed by atoms with Gasteiger partial charge in [0.05, 0.1) is 13.1 Å². The number of carbonyl (C=O) groups is 1. The smallest absolute Gasteiger partial charge is 0.278 e. The van der Waals surface area contributed by atoms with Crippen molar-refractivity contribution >= 4 is 11.7 Å². The quantitative estimate of drug-likeness (QED) is 0.662. The van der Waals surface area contributed by atoms with E-state index in [0.29, 0.717) is 30.4 Å². The van der Waals surface area contributed by atoms with Crippen molar-refractivity contribution in [3.63, 3.8) is 0 Å². The summed E-state index contributed by atoms with van der Waals surface area (Å²) < 4.78 is 12.4. The van der Waals surface area contributed by atoms with Crippen LogP contribution in [0.3, 0.4) is 0 Å². The molecule has 8 nitrogen and oxygen atoms in total. The number of hydrogen-bond donors (Lipinski definition) is 1. The van der Waals surface area contributed by atoms with Crippen LogP contribution in [0.25, 0.3) is 0 Å². The normalized spacial score (nSPS) is 17.4. The number of aliphatic hydroxyl groups is 1. The van der Waals surface area contributed by atoms with E-state index < -0.39 is 12.0 Å². The molecule has 1 aromatic heterocycles. The van der Waals surface area contributed by atoms with Crippen molar-refractivity contribution < 1.29 is 19.4 Å². The maximum atomic E-state index is 12.2. The first-order valence-electron chi connectivity index (χ1n) is 10.3. The summed E-state index contributed by atoms with van der Waals surface area (Å²) in [6, 6.07) is 18.3. The zero-order valence-corrected chi connectivity index (χ0v) is 17.2. The molecule has 5 rings (SSSR count). The van der Waals surface area contributed by atoms with E-state index >= 15 is 0 Å². The monoisotopic (exact) mass is 431 g/mol. The number of aromatic nitrogens is 1. The fraction of sp³-hybridized carbons (Fsp3) is 0.208. The second kappa shape index (κ2) is 8.32. The van der Waals surface area contributed by atoms with Crippen LogP contribution in [0.15, 0.2) is 76.6 Å². The highest BCUT2D eigenvalue weighted by Gasteiger charge is 2.29. The SMILES string of the molecule is O=C1N=C(c2cccc(Cn3ccccc3=O)c2)N(Cc2ccc3c(c2)OCO3)CC1O. The van der Waals surface area contributed by atoms with Gasteiger partial charge in [0.1, 0.15) is 5.84 Å². The van der Waals surface area contributed by atoms with Gasteiger partial charge in [0.2, 0.25) is 6.79 Å². The number of rotatable bonds is 5. The molecule has 0 aliphatic carbocycles. The molecule has 3 heterocycles. The number of hydrogen-bond acceptors (Lipinski definition) is 6. The van der Waals surface area contributed by atoms with Crippen molar-refractivity contribution in [3.05, 3.63) is 93.9 Å². The van der Waals surface area contributed by atoms with Gasteiger partial charge in [-0.15, -0.1) is 0 Å². The molecule has 2 aliphatic rings. The van der Waals surface area contributed by atoms with E-state index in [9.17, 15) is 14.7 Å². The highest BCUT2D eigenvalue weighted by atomic mass is 16.7. The fourth-order valence-corrected chi connectivity index (χ4v) is 3.87. The average molecular weight is 431 g/mol. The number of fused-ring (bicyclic) bond motifs is 1. The summed E-state index contributed by atoms with van der Waals surface area (Å²) in [7, 11) is 0. The molecule has 0 fully saturated rings. The molecular formula is C24H21N3O5. The summed E-state index contributed by atoms with van der Waals surface area (Å²) in [4.78, 5) is 30.3. The van der Waals surface area contributed by atoms with E-state index in [4.69, 9.17) is 9.47 Å². The van der Waals surface area contributed by atoms with Crippen molar-refractivity contribution in [3.8, 4) is 11.5 Å². The number of β-amino-alcohol motifs (C(OH)–C–C–N with tert-alkyl or cyclic N) is 1. The number of pyridine rings is 1. The Balaban J connectivity index is 1.44. The Morgan fingerprint density at radius 2 is 1.78 bits per heavy atom. The van der Waals surface area contributed by atoms with Gasteiger partial charge in [-0.1, -0.05) is 30.3 Å². The standard InChI is InChI=1S/C24H21N3O5/c28-19-14-27(13-17-7-8-20-21(11-17)32-15-31-20)23(25-24(19)30)18-5-3-4-16(10-18)12-26-9-2-1-6-22(26)29/h1-11,19,28H,12-15H2. The Morgan fingerprint density at radius 3 is 2.66 bits per heavy atom. The molecular weight excluding hydrogens is 410 g/mol. The lowest BCUT2D eigenvalue weighted by Gasteiger charge is -2.31. The maximum Gasteiger partial charge on any atom is 0.278 e. The van der Waals surface area contributed by atoms with E-state index in [1.54, 1.807) is 16.8 Å². The molecule has 162 valence electrons. The summed E-state index contributed by atoms with van der Waals surface area (Å²) in [6.45, 7) is 1.16. The molecule has 2 aromatic carbocycles. The summed E-state index contributed by atoms with van der Waals surface area (Å²) in [5.41, 5.74) is 2.50. The number of benzene rings is 2. The predicted octanol–water partition coefficient (Wildman–Crippen LogP) is 1.78. The van der Waals surface area contributed by atoms with E-state index in [1.165, 1.54) is 6.07 Å². The number of amidine groups is 1. The molecule has 0 saturated carbocycles. The van der Waals surface area contributed by atoms with Crippen LogP contribution in [0.2, 0.25) is 0 Å². The summed E-state index contributed by atoms with van der Waals surface area (Å²) in [5.74, 6) is 1.29. The Morgan fingerprint density at radius 1 is 0.938 bits per heavy atom. The number of ether oxygens (including phenoxy) is 2. The summed E-state index contributed by atoms with van der Waals surface area (Å²) in [6.07, 6.45) is 0.553. The second-order valence-electron chi connectivity index (χ2n) is 7.72. The first kappa shape index (κ1) is 20.0. The predicted molar refractivity (Wildman–Crippen MR) is 117 cm³/mol. The van der Waals surface area contributed by atoms with E-state index in [1.807, 2.05) is 53.4 Å². The first-order chi connectivity index (χ1) is 15.6. The lowest BCUT2D eigenvalue weighted by molar-refractivity contribution is -0.127. The number of carbonyl (C=O) groups excluding carboxylic acids is 1. The van der Waals surface area contributed by atoms with Gasteiger partial charge >= 0.3 is 0 Å². The second-order valence-corrected chi connectivity index (χ2v) is 7.72. The van der Waals surface area contributed by atoms with E-state index in [-0.39, 0.29) is 18.9 Å². The minimum atomic E-state index is -1.18. The van der Waals surface area contributed by atoms with Crippen molar-refractivity contribution in [2.45, 2.75) is 19.2 Å².